The average molecular weight is 453 g/mol. The van der Waals surface area contributed by atoms with E-state index in [1.807, 2.05) is 18.1 Å². The molecule has 0 aliphatic carbocycles. The summed E-state index contributed by atoms with van der Waals surface area (Å²) in [7, 11) is 1.33. The number of aliphatic carboxylic acids is 1. The Balaban J connectivity index is 0.000000396. The van der Waals surface area contributed by atoms with Gasteiger partial charge in [-0.05, 0) is 19.6 Å². The van der Waals surface area contributed by atoms with Crippen LogP contribution < -0.4 is 0 Å². The summed E-state index contributed by atoms with van der Waals surface area (Å²) in [5.74, 6) is -4.86. The Morgan fingerprint density at radius 1 is 1.30 bits per heavy atom. The minimum absolute atomic E-state index is 0.186. The number of halogens is 3. The predicted molar refractivity (Wildman–Crippen MR) is 99.5 cm³/mol. The van der Waals surface area contributed by atoms with Crippen LogP contribution in [0.1, 0.15) is 20.3 Å². The first-order chi connectivity index (χ1) is 13.9. The van der Waals surface area contributed by atoms with Gasteiger partial charge in [-0.2, -0.15) is 13.2 Å². The fourth-order valence-electron chi connectivity index (χ4n) is 4.41. The molecule has 0 saturated carbocycles. The van der Waals surface area contributed by atoms with Crippen LogP contribution in [0.2, 0.25) is 0 Å². The second-order valence-electron chi connectivity index (χ2n) is 6.76. The number of nitrogens with zero attached hydrogens (tertiary/aromatic N) is 3. The minimum Gasteiger partial charge on any atom is -0.475 e. The van der Waals surface area contributed by atoms with E-state index < -0.39 is 35.5 Å². The topological polar surface area (TPSA) is 117 Å². The van der Waals surface area contributed by atoms with Gasteiger partial charge in [0.2, 0.25) is 11.8 Å². The van der Waals surface area contributed by atoms with Crippen LogP contribution in [0.4, 0.5) is 13.2 Å². The number of thioether (sulfide) groups is 1. The van der Waals surface area contributed by atoms with E-state index in [0.717, 1.165) is 0 Å². The summed E-state index contributed by atoms with van der Waals surface area (Å²) >= 11 is 1.43. The van der Waals surface area contributed by atoms with E-state index in [2.05, 4.69) is 4.99 Å². The molecule has 0 aromatic heterocycles. The highest BCUT2D eigenvalue weighted by Gasteiger charge is 2.72. The molecule has 2 amide bonds. The molecule has 4 atom stereocenters. The average Bonchev–Trinajstić information content (AvgIpc) is 3.30. The summed E-state index contributed by atoms with van der Waals surface area (Å²) in [4.78, 5) is 54.9. The van der Waals surface area contributed by atoms with E-state index in [1.165, 1.54) is 23.8 Å². The molecular formula is C17H22F3N3O6S. The lowest BCUT2D eigenvalue weighted by molar-refractivity contribution is -0.192. The van der Waals surface area contributed by atoms with Gasteiger partial charge in [0.05, 0.1) is 31.5 Å². The van der Waals surface area contributed by atoms with Crippen molar-refractivity contribution >= 4 is 40.7 Å². The number of hydrogen-bond donors (Lipinski definition) is 1. The van der Waals surface area contributed by atoms with Gasteiger partial charge in [-0.25, -0.2) is 9.59 Å². The van der Waals surface area contributed by atoms with Gasteiger partial charge < -0.3 is 14.7 Å². The first-order valence-electron chi connectivity index (χ1n) is 9.05. The smallest absolute Gasteiger partial charge is 0.475 e. The third kappa shape index (κ3) is 3.42. The van der Waals surface area contributed by atoms with Crippen LogP contribution in [-0.2, 0) is 23.9 Å². The number of carbonyl (C=O) groups is 4. The summed E-state index contributed by atoms with van der Waals surface area (Å²) in [5.41, 5.74) is -1.14. The second kappa shape index (κ2) is 8.44. The van der Waals surface area contributed by atoms with E-state index in [4.69, 9.17) is 14.6 Å². The number of carboxylic acids is 1. The van der Waals surface area contributed by atoms with Gasteiger partial charge in [0.25, 0.3) is 0 Å². The number of hydrogen-bond acceptors (Lipinski definition) is 8. The Bertz CT molecular complexity index is 789. The number of carboxylic acid groups (broad SMARTS) is 1. The number of fused-ring (bicyclic) bond motifs is 3. The quantitative estimate of drug-likeness (QED) is 0.497. The van der Waals surface area contributed by atoms with E-state index in [1.54, 1.807) is 6.92 Å². The van der Waals surface area contributed by atoms with Crippen LogP contribution in [0.5, 0.6) is 0 Å². The molecule has 0 aromatic rings. The number of alkyl halides is 3. The molecule has 30 heavy (non-hydrogen) atoms. The predicted octanol–water partition coefficient (Wildman–Crippen LogP) is 0.979. The minimum atomic E-state index is -5.08. The molecule has 3 rings (SSSR count). The Kier molecular flexibility index (Phi) is 6.74. The number of amidine groups is 1. The largest absolute Gasteiger partial charge is 0.490 e. The summed E-state index contributed by atoms with van der Waals surface area (Å²) in [6.45, 7) is 4.40. The molecule has 0 radical (unpaired) electrons. The third-order valence-electron chi connectivity index (χ3n) is 5.57. The first kappa shape index (κ1) is 24.0. The number of methoxy groups -OCH3 is 1. The molecule has 3 aliphatic heterocycles. The van der Waals surface area contributed by atoms with Crippen molar-refractivity contribution in [3.05, 3.63) is 0 Å². The van der Waals surface area contributed by atoms with Gasteiger partial charge in [-0.1, -0.05) is 18.7 Å². The fourth-order valence-corrected chi connectivity index (χ4v) is 5.11. The number of ether oxygens (including phenoxy) is 1. The van der Waals surface area contributed by atoms with Gasteiger partial charge in [0, 0.05) is 6.54 Å². The van der Waals surface area contributed by atoms with Crippen molar-refractivity contribution in [2.75, 3.05) is 26.5 Å². The number of aliphatic imine (C=N–C) groups is 1. The van der Waals surface area contributed by atoms with Gasteiger partial charge >= 0.3 is 18.1 Å². The lowest BCUT2D eigenvalue weighted by Crippen LogP contribution is -2.59. The molecule has 9 nitrogen and oxygen atoms in total. The number of esters is 1. The van der Waals surface area contributed by atoms with Gasteiger partial charge in [-0.3, -0.25) is 19.5 Å². The van der Waals surface area contributed by atoms with Crippen molar-refractivity contribution in [2.45, 2.75) is 38.0 Å². The van der Waals surface area contributed by atoms with E-state index >= 15 is 0 Å². The van der Waals surface area contributed by atoms with Crippen LogP contribution in [-0.4, -0.2) is 88.0 Å². The number of carbonyl (C=O) groups excluding carboxylic acids is 3. The van der Waals surface area contributed by atoms with E-state index in [-0.39, 0.29) is 17.9 Å². The molecular weight excluding hydrogens is 431 g/mol. The lowest BCUT2D eigenvalue weighted by Gasteiger charge is -2.39. The fraction of sp³-hybridized carbons (Fsp3) is 0.706. The molecule has 3 aliphatic rings. The highest BCUT2D eigenvalue weighted by molar-refractivity contribution is 8.13. The molecule has 2 fully saturated rings. The van der Waals surface area contributed by atoms with Crippen LogP contribution in [0.3, 0.4) is 0 Å². The van der Waals surface area contributed by atoms with Gasteiger partial charge in [0.15, 0.2) is 10.7 Å². The molecule has 0 bridgehead atoms. The summed E-state index contributed by atoms with van der Waals surface area (Å²) < 4.78 is 36.8. The van der Waals surface area contributed by atoms with Crippen molar-refractivity contribution in [1.82, 2.24) is 9.80 Å². The Morgan fingerprint density at radius 2 is 1.87 bits per heavy atom. The van der Waals surface area contributed by atoms with Gasteiger partial charge in [-0.15, -0.1) is 0 Å². The molecule has 1 N–H and O–H groups in total. The van der Waals surface area contributed by atoms with Crippen molar-refractivity contribution in [3.8, 4) is 0 Å². The van der Waals surface area contributed by atoms with Crippen LogP contribution in [0.25, 0.3) is 0 Å². The zero-order valence-electron chi connectivity index (χ0n) is 16.7. The molecule has 0 spiro atoms. The van der Waals surface area contributed by atoms with Gasteiger partial charge in [0.1, 0.15) is 0 Å². The second-order valence-corrected chi connectivity index (χ2v) is 7.53. The highest BCUT2D eigenvalue weighted by Crippen LogP contribution is 2.53. The Morgan fingerprint density at radius 3 is 2.27 bits per heavy atom. The SMILES string of the molecule is CCN1C(=O)[C@H]2[C@H]3CN=C(SC)N3[C@@](CC)(C(=O)OC)[C@H]2C1=O.O=C(O)C(F)(F)F. The third-order valence-corrected chi connectivity index (χ3v) is 6.26. The summed E-state index contributed by atoms with van der Waals surface area (Å²) in [5, 5.41) is 7.83. The lowest BCUT2D eigenvalue weighted by atomic mass is 9.78. The van der Waals surface area contributed by atoms with E-state index in [0.29, 0.717) is 24.7 Å². The zero-order valence-corrected chi connectivity index (χ0v) is 17.5. The standard InChI is InChI=1S/C15H21N3O4S.C2HF3O2/c1-5-15(13(21)22-3)10-9(11(19)17(6-2)12(10)20)8-7-16-14(23-4)18(8)15;3-2(4,5)1(6)7/h8-10H,5-7H2,1-4H3;(H,6,7)/t8-,9+,10-,15-;/m1./s1. The maximum Gasteiger partial charge on any atom is 0.490 e. The highest BCUT2D eigenvalue weighted by atomic mass is 32.2. The number of rotatable bonds is 3. The molecule has 3 heterocycles. The number of likely N-dealkylation sites (tertiary alicyclic amines) is 1. The molecule has 2 saturated heterocycles. The maximum atomic E-state index is 12.9. The van der Waals surface area contributed by atoms with Crippen LogP contribution in [0, 0.1) is 11.8 Å². The first-order valence-corrected chi connectivity index (χ1v) is 10.3. The normalized spacial score (nSPS) is 29.8. The molecule has 0 unspecified atom stereocenters. The number of imide groups is 1. The van der Waals surface area contributed by atoms with Crippen molar-refractivity contribution in [2.24, 2.45) is 16.8 Å². The molecule has 0 aromatic carbocycles. The Hall–Kier alpha value is -2.31. The Labute approximate surface area is 174 Å². The van der Waals surface area contributed by atoms with Crippen LogP contribution >= 0.6 is 11.8 Å². The molecule has 13 heteroatoms. The van der Waals surface area contributed by atoms with Crippen LogP contribution in [0.15, 0.2) is 4.99 Å². The van der Waals surface area contributed by atoms with Crippen molar-refractivity contribution in [3.63, 3.8) is 0 Å². The van der Waals surface area contributed by atoms with Crippen molar-refractivity contribution in [1.29, 1.82) is 0 Å². The summed E-state index contributed by atoms with van der Waals surface area (Å²) in [6, 6.07) is -0.241. The monoisotopic (exact) mass is 453 g/mol. The van der Waals surface area contributed by atoms with E-state index in [9.17, 15) is 27.6 Å². The maximum absolute atomic E-state index is 12.9. The summed E-state index contributed by atoms with van der Waals surface area (Å²) in [6.07, 6.45) is -2.80. The zero-order chi connectivity index (χ0) is 23.0. The molecule has 168 valence electrons. The number of amides is 2. The van der Waals surface area contributed by atoms with Crippen molar-refractivity contribution < 1.29 is 42.2 Å².